The van der Waals surface area contributed by atoms with Crippen molar-refractivity contribution in [2.75, 3.05) is 17.6 Å². The summed E-state index contributed by atoms with van der Waals surface area (Å²) in [5, 5.41) is 3.08. The van der Waals surface area contributed by atoms with E-state index in [2.05, 4.69) is 10.3 Å². The highest BCUT2D eigenvalue weighted by molar-refractivity contribution is 5.43. The van der Waals surface area contributed by atoms with Gasteiger partial charge in [-0.2, -0.15) is 0 Å². The molecule has 4 nitrogen and oxygen atoms in total. The van der Waals surface area contributed by atoms with Gasteiger partial charge in [-0.25, -0.2) is 4.98 Å². The van der Waals surface area contributed by atoms with Crippen molar-refractivity contribution < 1.29 is 0 Å². The van der Waals surface area contributed by atoms with E-state index < -0.39 is 0 Å². The number of nitrogen functional groups attached to an aromatic ring is 1. The van der Waals surface area contributed by atoms with E-state index in [0.29, 0.717) is 5.69 Å². The Morgan fingerprint density at radius 3 is 2.83 bits per heavy atom. The maximum Gasteiger partial charge on any atom is 0.126 e. The molecule has 66 valence electrons. The van der Waals surface area contributed by atoms with Crippen molar-refractivity contribution in [1.82, 2.24) is 4.98 Å². The molecular formula is C8H14N4. The van der Waals surface area contributed by atoms with Crippen LogP contribution in [0.4, 0.5) is 11.5 Å². The van der Waals surface area contributed by atoms with Gasteiger partial charge in [0, 0.05) is 12.6 Å². The van der Waals surface area contributed by atoms with Crippen LogP contribution in [0.2, 0.25) is 0 Å². The van der Waals surface area contributed by atoms with Crippen molar-refractivity contribution in [3.8, 4) is 0 Å². The van der Waals surface area contributed by atoms with Crippen molar-refractivity contribution in [3.63, 3.8) is 0 Å². The first-order valence-corrected chi connectivity index (χ1v) is 3.89. The molecule has 1 rings (SSSR count). The number of rotatable bonds is 3. The predicted octanol–water partition coefficient (Wildman–Crippen LogP) is 0.423. The van der Waals surface area contributed by atoms with Crippen LogP contribution in [0.3, 0.4) is 0 Å². The van der Waals surface area contributed by atoms with Crippen molar-refractivity contribution >= 4 is 11.5 Å². The van der Waals surface area contributed by atoms with E-state index >= 15 is 0 Å². The molecule has 0 aromatic carbocycles. The fourth-order valence-electron chi connectivity index (χ4n) is 0.775. The van der Waals surface area contributed by atoms with Crippen molar-refractivity contribution in [3.05, 3.63) is 18.3 Å². The molecule has 0 saturated carbocycles. The van der Waals surface area contributed by atoms with Crippen LogP contribution < -0.4 is 16.8 Å². The molecule has 0 saturated heterocycles. The third-order valence-corrected chi connectivity index (χ3v) is 1.39. The number of anilines is 2. The zero-order valence-corrected chi connectivity index (χ0v) is 7.12. The van der Waals surface area contributed by atoms with E-state index in [-0.39, 0.29) is 6.04 Å². The van der Waals surface area contributed by atoms with Gasteiger partial charge in [0.25, 0.3) is 0 Å². The monoisotopic (exact) mass is 166 g/mol. The lowest BCUT2D eigenvalue weighted by Crippen LogP contribution is -2.25. The van der Waals surface area contributed by atoms with Gasteiger partial charge in [0.1, 0.15) is 5.82 Å². The molecule has 1 aromatic rings. The minimum Gasteiger partial charge on any atom is -0.397 e. The topological polar surface area (TPSA) is 77.0 Å². The molecule has 1 atom stereocenters. The molecule has 0 bridgehead atoms. The van der Waals surface area contributed by atoms with Crippen LogP contribution in [0.25, 0.3) is 0 Å². The van der Waals surface area contributed by atoms with Gasteiger partial charge in [0.05, 0.1) is 11.9 Å². The molecule has 1 aromatic heterocycles. The minimum absolute atomic E-state index is 0.129. The van der Waals surface area contributed by atoms with E-state index in [0.717, 1.165) is 12.4 Å². The molecule has 4 heteroatoms. The zero-order chi connectivity index (χ0) is 8.97. The van der Waals surface area contributed by atoms with E-state index in [4.69, 9.17) is 11.5 Å². The zero-order valence-electron chi connectivity index (χ0n) is 7.12. The minimum atomic E-state index is 0.129. The molecule has 0 aliphatic carbocycles. The number of nitrogens with zero attached hydrogens (tertiary/aromatic N) is 1. The second-order valence-corrected chi connectivity index (χ2v) is 2.83. The van der Waals surface area contributed by atoms with Crippen LogP contribution in [0.15, 0.2) is 18.3 Å². The summed E-state index contributed by atoms with van der Waals surface area (Å²) in [4.78, 5) is 4.06. The summed E-state index contributed by atoms with van der Waals surface area (Å²) in [7, 11) is 0. The van der Waals surface area contributed by atoms with Crippen LogP contribution in [0, 0.1) is 0 Å². The Morgan fingerprint density at radius 1 is 1.58 bits per heavy atom. The summed E-state index contributed by atoms with van der Waals surface area (Å²) in [6.45, 7) is 2.65. The Labute approximate surface area is 72.0 Å². The van der Waals surface area contributed by atoms with Gasteiger partial charge in [-0.3, -0.25) is 0 Å². The Bertz CT molecular complexity index is 229. The van der Waals surface area contributed by atoms with Crippen molar-refractivity contribution in [1.29, 1.82) is 0 Å². The first kappa shape index (κ1) is 8.80. The SMILES string of the molecule is CC(N)CNc1ccc(N)cn1. The highest BCUT2D eigenvalue weighted by Crippen LogP contribution is 2.04. The number of aromatic nitrogens is 1. The highest BCUT2D eigenvalue weighted by Gasteiger charge is 1.94. The molecule has 0 fully saturated rings. The normalized spacial score (nSPS) is 12.5. The summed E-state index contributed by atoms with van der Waals surface area (Å²) in [6.07, 6.45) is 1.61. The number of nitrogens with two attached hydrogens (primary N) is 2. The summed E-state index contributed by atoms with van der Waals surface area (Å²) in [5.74, 6) is 0.807. The predicted molar refractivity (Wildman–Crippen MR) is 50.8 cm³/mol. The fraction of sp³-hybridized carbons (Fsp3) is 0.375. The molecule has 0 spiro atoms. The average Bonchev–Trinajstić information content (AvgIpc) is 2.03. The number of nitrogens with one attached hydrogen (secondary N) is 1. The molecule has 1 heterocycles. The number of pyridine rings is 1. The van der Waals surface area contributed by atoms with Crippen LogP contribution in [0.5, 0.6) is 0 Å². The van der Waals surface area contributed by atoms with Crippen LogP contribution in [-0.2, 0) is 0 Å². The van der Waals surface area contributed by atoms with Crippen LogP contribution in [-0.4, -0.2) is 17.6 Å². The standard InChI is InChI=1S/C8H14N4/c1-6(9)4-11-8-3-2-7(10)5-12-8/h2-3,5-6H,4,9-10H2,1H3,(H,11,12). The van der Waals surface area contributed by atoms with Crippen LogP contribution in [0.1, 0.15) is 6.92 Å². The summed E-state index contributed by atoms with van der Waals surface area (Å²) in [5.41, 5.74) is 11.7. The molecule has 5 N–H and O–H groups in total. The fourth-order valence-corrected chi connectivity index (χ4v) is 0.775. The summed E-state index contributed by atoms with van der Waals surface area (Å²) in [6, 6.07) is 3.76. The Hall–Kier alpha value is -1.29. The Kier molecular flexibility index (Phi) is 2.88. The quantitative estimate of drug-likeness (QED) is 0.608. The van der Waals surface area contributed by atoms with E-state index in [9.17, 15) is 0 Å². The largest absolute Gasteiger partial charge is 0.397 e. The highest BCUT2D eigenvalue weighted by atomic mass is 15.0. The smallest absolute Gasteiger partial charge is 0.126 e. The number of hydrogen-bond acceptors (Lipinski definition) is 4. The molecular weight excluding hydrogens is 152 g/mol. The van der Waals surface area contributed by atoms with Crippen molar-refractivity contribution in [2.45, 2.75) is 13.0 Å². The number of hydrogen-bond donors (Lipinski definition) is 3. The van der Waals surface area contributed by atoms with E-state index in [1.165, 1.54) is 0 Å². The Balaban J connectivity index is 2.48. The van der Waals surface area contributed by atoms with Gasteiger partial charge in [-0.15, -0.1) is 0 Å². The second kappa shape index (κ2) is 3.92. The van der Waals surface area contributed by atoms with Gasteiger partial charge in [0.2, 0.25) is 0 Å². The third kappa shape index (κ3) is 2.75. The molecule has 12 heavy (non-hydrogen) atoms. The van der Waals surface area contributed by atoms with E-state index in [1.54, 1.807) is 12.3 Å². The van der Waals surface area contributed by atoms with Gasteiger partial charge in [-0.05, 0) is 19.1 Å². The van der Waals surface area contributed by atoms with E-state index in [1.807, 2.05) is 13.0 Å². The van der Waals surface area contributed by atoms with Crippen LogP contribution >= 0.6 is 0 Å². The summed E-state index contributed by atoms with van der Waals surface area (Å²) >= 11 is 0. The first-order chi connectivity index (χ1) is 5.68. The molecule has 0 amide bonds. The lowest BCUT2D eigenvalue weighted by atomic mass is 10.3. The van der Waals surface area contributed by atoms with Gasteiger partial charge in [0.15, 0.2) is 0 Å². The summed E-state index contributed by atoms with van der Waals surface area (Å²) < 4.78 is 0. The van der Waals surface area contributed by atoms with Gasteiger partial charge >= 0.3 is 0 Å². The molecule has 0 radical (unpaired) electrons. The second-order valence-electron chi connectivity index (χ2n) is 2.83. The molecule has 1 unspecified atom stereocenters. The molecule has 0 aliphatic heterocycles. The lowest BCUT2D eigenvalue weighted by molar-refractivity contribution is 0.777. The van der Waals surface area contributed by atoms with Crippen molar-refractivity contribution in [2.24, 2.45) is 5.73 Å². The average molecular weight is 166 g/mol. The maximum atomic E-state index is 5.56. The lowest BCUT2D eigenvalue weighted by Gasteiger charge is -2.07. The first-order valence-electron chi connectivity index (χ1n) is 3.89. The maximum absolute atomic E-state index is 5.56. The Morgan fingerprint density at radius 2 is 2.33 bits per heavy atom. The van der Waals surface area contributed by atoms with Gasteiger partial charge in [-0.1, -0.05) is 0 Å². The van der Waals surface area contributed by atoms with Gasteiger partial charge < -0.3 is 16.8 Å². The third-order valence-electron chi connectivity index (χ3n) is 1.39. The molecule has 0 aliphatic rings.